The Bertz CT molecular complexity index is 1630. The zero-order valence-corrected chi connectivity index (χ0v) is 24.9. The number of hydrogen-bond acceptors (Lipinski definition) is 1. The molecule has 0 fully saturated rings. The molecule has 0 radical (unpaired) electrons. The fourth-order valence-corrected chi connectivity index (χ4v) is 10.3. The van der Waals surface area contributed by atoms with E-state index in [4.69, 9.17) is 4.74 Å². The van der Waals surface area contributed by atoms with E-state index in [2.05, 4.69) is 143 Å². The van der Waals surface area contributed by atoms with Gasteiger partial charge in [-0.05, 0) is 80.7 Å². The maximum atomic E-state index is 6.24. The van der Waals surface area contributed by atoms with Crippen molar-refractivity contribution >= 4 is 13.3 Å². The van der Waals surface area contributed by atoms with Crippen molar-refractivity contribution in [3.63, 3.8) is 0 Å². The second-order valence-electron chi connectivity index (χ2n) is 11.5. The lowest BCUT2D eigenvalue weighted by atomic mass is 9.95. The van der Waals surface area contributed by atoms with Crippen LogP contribution in [0.3, 0.4) is 0 Å². The van der Waals surface area contributed by atoms with Crippen molar-refractivity contribution in [2.75, 3.05) is 6.61 Å². The van der Waals surface area contributed by atoms with Crippen LogP contribution >= 0.6 is 0 Å². The van der Waals surface area contributed by atoms with Crippen LogP contribution in [0.15, 0.2) is 122 Å². The third-order valence-electron chi connectivity index (χ3n) is 8.59. The average Bonchev–Trinajstić information content (AvgIpc) is 3.30. The van der Waals surface area contributed by atoms with E-state index in [-0.39, 0.29) is 0 Å². The molecule has 6 rings (SSSR count). The molecule has 0 heterocycles. The molecule has 0 amide bonds. The summed E-state index contributed by atoms with van der Waals surface area (Å²) < 4.78 is 6.24. The molecule has 0 aliphatic heterocycles. The molecule has 0 atom stereocenters. The molecule has 5 aromatic carbocycles. The summed E-state index contributed by atoms with van der Waals surface area (Å²) in [5.41, 5.74) is 13.7. The van der Waals surface area contributed by atoms with Crippen LogP contribution in [0, 0.1) is 13.8 Å². The zero-order chi connectivity index (χ0) is 27.9. The van der Waals surface area contributed by atoms with E-state index >= 15 is 0 Å². The van der Waals surface area contributed by atoms with Gasteiger partial charge in [-0.15, -0.1) is 0 Å². The molecule has 0 bridgehead atoms. The quantitative estimate of drug-likeness (QED) is 0.149. The first kappa shape index (κ1) is 26.1. The van der Waals surface area contributed by atoms with Gasteiger partial charge in [-0.2, -0.15) is 0 Å². The molecular formula is C38H36OSi. The van der Waals surface area contributed by atoms with Crippen molar-refractivity contribution in [1.82, 2.24) is 0 Å². The zero-order valence-electron chi connectivity index (χ0n) is 23.9. The Hall–Kier alpha value is -4.14. The first-order chi connectivity index (χ1) is 19.4. The summed E-state index contributed by atoms with van der Waals surface area (Å²) in [6, 6.07) is 40.3. The fourth-order valence-electron chi connectivity index (χ4n) is 6.60. The Kier molecular flexibility index (Phi) is 6.81. The number of ether oxygens (including phenoxy) is 1. The number of fused-ring (bicyclic) bond motifs is 3. The van der Waals surface area contributed by atoms with Crippen molar-refractivity contribution < 1.29 is 4.74 Å². The van der Waals surface area contributed by atoms with Crippen LogP contribution in [0.2, 0.25) is 13.1 Å². The van der Waals surface area contributed by atoms with Crippen LogP contribution in [0.5, 0.6) is 5.75 Å². The highest BCUT2D eigenvalue weighted by Crippen LogP contribution is 2.51. The Morgan fingerprint density at radius 2 is 1.15 bits per heavy atom. The lowest BCUT2D eigenvalue weighted by molar-refractivity contribution is 0.366. The minimum atomic E-state index is -2.18. The summed E-state index contributed by atoms with van der Waals surface area (Å²) in [5, 5.41) is 1.35. The Morgan fingerprint density at radius 1 is 0.650 bits per heavy atom. The van der Waals surface area contributed by atoms with E-state index < -0.39 is 8.07 Å². The van der Waals surface area contributed by atoms with Crippen LogP contribution < -0.4 is 9.92 Å². The van der Waals surface area contributed by atoms with Gasteiger partial charge in [-0.25, -0.2) is 0 Å². The van der Waals surface area contributed by atoms with E-state index in [1.54, 1.807) is 0 Å². The molecule has 0 saturated heterocycles. The largest absolute Gasteiger partial charge is 0.490 e. The first-order valence-electron chi connectivity index (χ1n) is 14.1. The van der Waals surface area contributed by atoms with Crippen LogP contribution in [-0.4, -0.2) is 14.7 Å². The summed E-state index contributed by atoms with van der Waals surface area (Å²) in [6.07, 6.45) is 1.83. The van der Waals surface area contributed by atoms with Crippen LogP contribution in [0.25, 0.3) is 33.4 Å². The van der Waals surface area contributed by atoms with Crippen molar-refractivity contribution in [2.45, 2.75) is 32.5 Å². The normalized spacial score (nSPS) is 12.6. The van der Waals surface area contributed by atoms with Crippen molar-refractivity contribution in [2.24, 2.45) is 0 Å². The second kappa shape index (κ2) is 10.4. The molecule has 40 heavy (non-hydrogen) atoms. The summed E-state index contributed by atoms with van der Waals surface area (Å²) in [4.78, 5) is 0. The maximum absolute atomic E-state index is 6.24. The first-order valence-corrected chi connectivity index (χ1v) is 17.2. The molecule has 1 nitrogen and oxygen atoms in total. The van der Waals surface area contributed by atoms with Gasteiger partial charge in [0.25, 0.3) is 0 Å². The molecule has 0 unspecified atom stereocenters. The fraction of sp³-hybridized carbons (Fsp3) is 0.158. The highest BCUT2D eigenvalue weighted by molar-refractivity contribution is 6.92. The van der Waals surface area contributed by atoms with Gasteiger partial charge in [0.15, 0.2) is 0 Å². The van der Waals surface area contributed by atoms with Crippen molar-refractivity contribution in [1.29, 1.82) is 0 Å². The summed E-state index contributed by atoms with van der Waals surface area (Å²) in [6.45, 7) is 13.8. The Balaban J connectivity index is 1.58. The molecule has 198 valence electrons. The van der Waals surface area contributed by atoms with Crippen molar-refractivity contribution in [3.05, 3.63) is 144 Å². The molecule has 1 aliphatic rings. The third kappa shape index (κ3) is 4.43. The second-order valence-corrected chi connectivity index (χ2v) is 16.0. The summed E-state index contributed by atoms with van der Waals surface area (Å²) in [5.74, 6) is 0.985. The highest BCUT2D eigenvalue weighted by Gasteiger charge is 2.43. The lowest BCUT2D eigenvalue weighted by Crippen LogP contribution is -2.48. The Labute approximate surface area is 239 Å². The monoisotopic (exact) mass is 536 g/mol. The standard InChI is InChI=1S/C38H36OSi/c1-6-23-39-36-17-11-12-18-37(36)40(4,5)38-34-24-28(30-15-9-7-13-26(30)2)19-21-32(34)33-22-20-29(25-35(33)38)31-16-10-8-14-27(31)3/h6-22,24-25,38H,1,23H2,2-5H3. The molecule has 0 spiro atoms. The summed E-state index contributed by atoms with van der Waals surface area (Å²) >= 11 is 0. The van der Waals surface area contributed by atoms with Gasteiger partial charge in [0.05, 0.1) is 8.07 Å². The van der Waals surface area contributed by atoms with Gasteiger partial charge in [-0.3, -0.25) is 0 Å². The molecule has 5 aromatic rings. The van der Waals surface area contributed by atoms with Gasteiger partial charge in [0.1, 0.15) is 12.4 Å². The number of aryl methyl sites for hydroxylation is 2. The van der Waals surface area contributed by atoms with Gasteiger partial charge in [0, 0.05) is 5.54 Å². The minimum absolute atomic E-state index is 0.291. The van der Waals surface area contributed by atoms with E-state index in [0.29, 0.717) is 12.1 Å². The van der Waals surface area contributed by atoms with Crippen molar-refractivity contribution in [3.8, 4) is 39.1 Å². The van der Waals surface area contributed by atoms with E-state index in [1.165, 1.54) is 60.8 Å². The molecule has 2 heteroatoms. The molecule has 0 aromatic heterocycles. The van der Waals surface area contributed by atoms with Gasteiger partial charge < -0.3 is 4.74 Å². The molecule has 0 N–H and O–H groups in total. The number of benzene rings is 5. The van der Waals surface area contributed by atoms with E-state index in [0.717, 1.165) is 5.75 Å². The van der Waals surface area contributed by atoms with Crippen LogP contribution in [0.1, 0.15) is 27.8 Å². The Morgan fingerprint density at radius 3 is 1.68 bits per heavy atom. The highest BCUT2D eigenvalue weighted by atomic mass is 28.3. The maximum Gasteiger partial charge on any atom is 0.119 e. The number of para-hydroxylation sites is 1. The molecule has 1 aliphatic carbocycles. The molecular weight excluding hydrogens is 501 g/mol. The topological polar surface area (TPSA) is 9.23 Å². The minimum Gasteiger partial charge on any atom is -0.490 e. The SMILES string of the molecule is C=CCOc1ccccc1[Si](C)(C)C1c2cc(-c3ccccc3C)ccc2-c2ccc(-c3ccccc3C)cc21. The predicted molar refractivity (Wildman–Crippen MR) is 173 cm³/mol. The van der Waals surface area contributed by atoms with E-state index in [9.17, 15) is 0 Å². The van der Waals surface area contributed by atoms with Gasteiger partial charge in [0.2, 0.25) is 0 Å². The smallest absolute Gasteiger partial charge is 0.119 e. The van der Waals surface area contributed by atoms with E-state index in [1.807, 2.05) is 6.08 Å². The predicted octanol–water partition coefficient (Wildman–Crippen LogP) is 9.47. The summed E-state index contributed by atoms with van der Waals surface area (Å²) in [7, 11) is -2.18. The number of hydrogen-bond donors (Lipinski definition) is 0. The van der Waals surface area contributed by atoms with Gasteiger partial charge >= 0.3 is 0 Å². The molecule has 0 saturated carbocycles. The van der Waals surface area contributed by atoms with Crippen LogP contribution in [0.4, 0.5) is 0 Å². The third-order valence-corrected chi connectivity index (χ3v) is 12.5. The average molecular weight is 537 g/mol. The lowest BCUT2D eigenvalue weighted by Gasteiger charge is -2.33. The number of rotatable bonds is 7. The van der Waals surface area contributed by atoms with Crippen LogP contribution in [-0.2, 0) is 0 Å². The van der Waals surface area contributed by atoms with Gasteiger partial charge in [-0.1, -0.05) is 129 Å².